The maximum atomic E-state index is 11.3. The maximum absolute atomic E-state index is 11.3. The minimum absolute atomic E-state index is 0.127. The fourth-order valence-electron chi connectivity index (χ4n) is 1.86. The van der Waals surface area contributed by atoms with Crippen molar-refractivity contribution in [1.82, 2.24) is 5.32 Å². The van der Waals surface area contributed by atoms with E-state index in [2.05, 4.69) is 5.32 Å². The molecule has 62 valence electrons. The Kier molecular flexibility index (Phi) is 1.92. The summed E-state index contributed by atoms with van der Waals surface area (Å²) in [7, 11) is 0. The molecule has 0 aromatic heterocycles. The van der Waals surface area contributed by atoms with Crippen LogP contribution >= 0.6 is 0 Å². The minimum atomic E-state index is -0.127. The van der Waals surface area contributed by atoms with Crippen LogP contribution in [0.4, 0.5) is 0 Å². The van der Waals surface area contributed by atoms with Crippen molar-refractivity contribution in [2.24, 2.45) is 0 Å². The van der Waals surface area contributed by atoms with Crippen molar-refractivity contribution in [2.45, 2.75) is 31.4 Å². The molecule has 1 saturated heterocycles. The zero-order valence-electron chi connectivity index (χ0n) is 6.51. The second-order valence-corrected chi connectivity index (χ2v) is 3.21. The third-order valence-corrected chi connectivity index (χ3v) is 2.43. The quantitative estimate of drug-likeness (QED) is 0.539. The molecule has 1 heterocycles. The van der Waals surface area contributed by atoms with Crippen LogP contribution in [0, 0.1) is 0 Å². The highest BCUT2D eigenvalue weighted by molar-refractivity contribution is 5.84. The first-order chi connectivity index (χ1) is 5.38. The monoisotopic (exact) mass is 155 g/mol. The summed E-state index contributed by atoms with van der Waals surface area (Å²) in [6.45, 7) is 1.58. The van der Waals surface area contributed by atoms with Crippen LogP contribution in [0.1, 0.15) is 19.3 Å². The van der Waals surface area contributed by atoms with Gasteiger partial charge in [0.2, 0.25) is 0 Å². The van der Waals surface area contributed by atoms with E-state index >= 15 is 0 Å². The van der Waals surface area contributed by atoms with Crippen molar-refractivity contribution >= 4 is 5.78 Å². The van der Waals surface area contributed by atoms with Crippen molar-refractivity contribution in [3.05, 3.63) is 0 Å². The number of fused-ring (bicyclic) bond motifs is 1. The van der Waals surface area contributed by atoms with E-state index in [1.165, 1.54) is 0 Å². The average molecular weight is 155 g/mol. The van der Waals surface area contributed by atoms with Crippen LogP contribution in [0.15, 0.2) is 0 Å². The first kappa shape index (κ1) is 7.25. The van der Waals surface area contributed by atoms with E-state index in [1.54, 1.807) is 0 Å². The average Bonchev–Trinajstić information content (AvgIpc) is 2.06. The molecule has 2 unspecified atom stereocenters. The standard InChI is InChI=1S/C8H13NO2/c10-7-3-1-2-6-8(7)11-5-4-9-6/h6,8-9H,1-5H2. The summed E-state index contributed by atoms with van der Waals surface area (Å²) in [6, 6.07) is 0.310. The molecular formula is C8H13NO2. The van der Waals surface area contributed by atoms with Crippen molar-refractivity contribution in [3.8, 4) is 0 Å². The number of carbonyl (C=O) groups is 1. The van der Waals surface area contributed by atoms with Crippen LogP contribution in [-0.4, -0.2) is 31.1 Å². The van der Waals surface area contributed by atoms with Gasteiger partial charge in [0.25, 0.3) is 0 Å². The first-order valence-corrected chi connectivity index (χ1v) is 4.25. The SMILES string of the molecule is O=C1CCCC2NCCOC12. The largest absolute Gasteiger partial charge is 0.367 e. The Morgan fingerprint density at radius 3 is 3.27 bits per heavy atom. The fraction of sp³-hybridized carbons (Fsp3) is 0.875. The predicted octanol–water partition coefficient (Wildman–Crippen LogP) is 0.0964. The molecule has 2 atom stereocenters. The first-order valence-electron chi connectivity index (χ1n) is 4.25. The van der Waals surface area contributed by atoms with Gasteiger partial charge in [0.15, 0.2) is 5.78 Å². The van der Waals surface area contributed by atoms with Gasteiger partial charge in [-0.15, -0.1) is 0 Å². The van der Waals surface area contributed by atoms with Crippen LogP contribution in [0.2, 0.25) is 0 Å². The van der Waals surface area contributed by atoms with Crippen LogP contribution in [0.3, 0.4) is 0 Å². The van der Waals surface area contributed by atoms with Crippen molar-refractivity contribution in [2.75, 3.05) is 13.2 Å². The van der Waals surface area contributed by atoms with E-state index < -0.39 is 0 Å². The summed E-state index contributed by atoms with van der Waals surface area (Å²) >= 11 is 0. The molecule has 2 rings (SSSR count). The number of hydrogen-bond acceptors (Lipinski definition) is 3. The molecule has 3 nitrogen and oxygen atoms in total. The molecule has 1 saturated carbocycles. The molecule has 1 aliphatic carbocycles. The highest BCUT2D eigenvalue weighted by Crippen LogP contribution is 2.20. The number of rotatable bonds is 0. The Hall–Kier alpha value is -0.410. The molecule has 2 aliphatic rings. The predicted molar refractivity (Wildman–Crippen MR) is 40.4 cm³/mol. The van der Waals surface area contributed by atoms with Crippen LogP contribution in [0.5, 0.6) is 0 Å². The Morgan fingerprint density at radius 2 is 2.45 bits per heavy atom. The van der Waals surface area contributed by atoms with Gasteiger partial charge in [0, 0.05) is 19.0 Å². The number of ether oxygens (including phenoxy) is 1. The van der Waals surface area contributed by atoms with Gasteiger partial charge in [-0.25, -0.2) is 0 Å². The minimum Gasteiger partial charge on any atom is -0.367 e. The zero-order chi connectivity index (χ0) is 7.68. The molecule has 0 aromatic carbocycles. The van der Waals surface area contributed by atoms with Gasteiger partial charge in [-0.1, -0.05) is 0 Å². The van der Waals surface area contributed by atoms with E-state index in [1.807, 2.05) is 0 Å². The molecule has 3 heteroatoms. The van der Waals surface area contributed by atoms with Crippen LogP contribution in [0.25, 0.3) is 0 Å². The fourth-order valence-corrected chi connectivity index (χ4v) is 1.86. The Balaban J connectivity index is 2.05. The molecule has 2 fully saturated rings. The third kappa shape index (κ3) is 1.30. The molecule has 0 aromatic rings. The van der Waals surface area contributed by atoms with Crippen LogP contribution in [-0.2, 0) is 9.53 Å². The second-order valence-electron chi connectivity index (χ2n) is 3.21. The molecule has 0 spiro atoms. The Bertz CT molecular complexity index is 167. The number of carbonyl (C=O) groups excluding carboxylic acids is 1. The molecule has 11 heavy (non-hydrogen) atoms. The summed E-state index contributed by atoms with van der Waals surface area (Å²) < 4.78 is 5.38. The molecule has 0 bridgehead atoms. The maximum Gasteiger partial charge on any atom is 0.163 e. The lowest BCUT2D eigenvalue weighted by Gasteiger charge is -2.34. The third-order valence-electron chi connectivity index (χ3n) is 2.43. The number of ketones is 1. The summed E-state index contributed by atoms with van der Waals surface area (Å²) in [6.07, 6.45) is 2.70. The Labute approximate surface area is 66.1 Å². The van der Waals surface area contributed by atoms with Gasteiger partial charge in [-0.3, -0.25) is 4.79 Å². The van der Waals surface area contributed by atoms with Gasteiger partial charge in [0.1, 0.15) is 6.10 Å². The van der Waals surface area contributed by atoms with E-state index in [-0.39, 0.29) is 11.9 Å². The molecular weight excluding hydrogens is 142 g/mol. The lowest BCUT2D eigenvalue weighted by Crippen LogP contribution is -2.53. The summed E-state index contributed by atoms with van der Waals surface area (Å²) in [5.41, 5.74) is 0. The van der Waals surface area contributed by atoms with Gasteiger partial charge >= 0.3 is 0 Å². The normalized spacial score (nSPS) is 38.4. The second kappa shape index (κ2) is 2.91. The summed E-state index contributed by atoms with van der Waals surface area (Å²) in [5, 5.41) is 3.31. The molecule has 1 aliphatic heterocycles. The van der Waals surface area contributed by atoms with Gasteiger partial charge in [-0.05, 0) is 12.8 Å². The number of morpholine rings is 1. The van der Waals surface area contributed by atoms with Crippen LogP contribution < -0.4 is 5.32 Å². The zero-order valence-corrected chi connectivity index (χ0v) is 6.51. The van der Waals surface area contributed by atoms with Gasteiger partial charge in [-0.2, -0.15) is 0 Å². The molecule has 0 radical (unpaired) electrons. The molecule has 1 N–H and O–H groups in total. The molecule has 0 amide bonds. The Morgan fingerprint density at radius 1 is 1.55 bits per heavy atom. The van der Waals surface area contributed by atoms with Gasteiger partial charge in [0.05, 0.1) is 6.61 Å². The smallest absolute Gasteiger partial charge is 0.163 e. The van der Waals surface area contributed by atoms with Crippen molar-refractivity contribution < 1.29 is 9.53 Å². The topological polar surface area (TPSA) is 38.3 Å². The van der Waals surface area contributed by atoms with Gasteiger partial charge < -0.3 is 10.1 Å². The lowest BCUT2D eigenvalue weighted by molar-refractivity contribution is -0.138. The summed E-state index contributed by atoms with van der Waals surface area (Å²) in [4.78, 5) is 11.3. The highest BCUT2D eigenvalue weighted by atomic mass is 16.5. The van der Waals surface area contributed by atoms with Crippen molar-refractivity contribution in [3.63, 3.8) is 0 Å². The van der Waals surface area contributed by atoms with E-state index in [4.69, 9.17) is 4.74 Å². The highest BCUT2D eigenvalue weighted by Gasteiger charge is 2.34. The van der Waals surface area contributed by atoms with E-state index in [0.29, 0.717) is 19.1 Å². The van der Waals surface area contributed by atoms with Crippen molar-refractivity contribution in [1.29, 1.82) is 0 Å². The number of Topliss-reactive ketones (excluding diaryl/α,β-unsaturated/α-hetero) is 1. The number of nitrogens with one attached hydrogen (secondary N) is 1. The van der Waals surface area contributed by atoms with E-state index in [9.17, 15) is 4.79 Å². The van der Waals surface area contributed by atoms with E-state index in [0.717, 1.165) is 19.4 Å². The summed E-state index contributed by atoms with van der Waals surface area (Å²) in [5.74, 6) is 0.286. The lowest BCUT2D eigenvalue weighted by atomic mass is 9.90. The number of hydrogen-bond donors (Lipinski definition) is 1.